The number of aryl methyl sites for hydroxylation is 2. The topological polar surface area (TPSA) is 55.0 Å². The molecule has 2 heterocycles. The van der Waals surface area contributed by atoms with E-state index in [-0.39, 0.29) is 0 Å². The molecule has 0 unspecified atom stereocenters. The van der Waals surface area contributed by atoms with Gasteiger partial charge in [0.15, 0.2) is 11.6 Å². The predicted molar refractivity (Wildman–Crippen MR) is 73.0 cm³/mol. The molecule has 1 aromatic heterocycles. The summed E-state index contributed by atoms with van der Waals surface area (Å²) in [7, 11) is 0. The monoisotopic (exact) mass is 240 g/mol. The van der Waals surface area contributed by atoms with Gasteiger partial charge in [0.1, 0.15) is 0 Å². The van der Waals surface area contributed by atoms with E-state index >= 15 is 0 Å². The van der Waals surface area contributed by atoms with Crippen molar-refractivity contribution in [2.75, 3.05) is 17.2 Å². The van der Waals surface area contributed by atoms with Gasteiger partial charge in [-0.1, -0.05) is 17.7 Å². The van der Waals surface area contributed by atoms with E-state index in [1.165, 1.54) is 16.8 Å². The van der Waals surface area contributed by atoms with Crippen molar-refractivity contribution in [2.24, 2.45) is 0 Å². The number of aromatic nitrogens is 2. The molecule has 0 saturated heterocycles. The van der Waals surface area contributed by atoms with Crippen LogP contribution < -0.4 is 10.6 Å². The van der Waals surface area contributed by atoms with Gasteiger partial charge in [-0.05, 0) is 31.4 Å². The fourth-order valence-electron chi connectivity index (χ4n) is 2.50. The first-order valence-electron chi connectivity index (χ1n) is 6.19. The predicted octanol–water partition coefficient (Wildman–Crippen LogP) is 2.45. The molecule has 92 valence electrons. The summed E-state index contributed by atoms with van der Waals surface area (Å²) in [5.41, 5.74) is 9.79. The van der Waals surface area contributed by atoms with Crippen LogP contribution in [-0.4, -0.2) is 16.5 Å². The van der Waals surface area contributed by atoms with Gasteiger partial charge in [-0.3, -0.25) is 0 Å². The van der Waals surface area contributed by atoms with Crippen molar-refractivity contribution >= 4 is 17.3 Å². The molecule has 1 aliphatic rings. The Hall–Kier alpha value is -2.10. The maximum absolute atomic E-state index is 5.92. The molecule has 0 radical (unpaired) electrons. The van der Waals surface area contributed by atoms with Crippen molar-refractivity contribution in [1.29, 1.82) is 0 Å². The molecule has 0 saturated carbocycles. The second-order valence-electron chi connectivity index (χ2n) is 4.65. The second-order valence-corrected chi connectivity index (χ2v) is 4.65. The zero-order valence-electron chi connectivity index (χ0n) is 10.4. The van der Waals surface area contributed by atoms with Crippen LogP contribution in [0, 0.1) is 6.92 Å². The highest BCUT2D eigenvalue weighted by molar-refractivity contribution is 5.71. The highest BCUT2D eigenvalue weighted by atomic mass is 15.2. The Bertz CT molecular complexity index is 580. The van der Waals surface area contributed by atoms with Gasteiger partial charge in [-0.2, -0.15) is 0 Å². The van der Waals surface area contributed by atoms with E-state index < -0.39 is 0 Å². The number of nitrogen functional groups attached to an aromatic ring is 1. The molecular weight excluding hydrogens is 224 g/mol. The fourth-order valence-corrected chi connectivity index (χ4v) is 2.50. The van der Waals surface area contributed by atoms with Crippen LogP contribution in [0.3, 0.4) is 0 Å². The summed E-state index contributed by atoms with van der Waals surface area (Å²) in [6, 6.07) is 6.52. The Morgan fingerprint density at radius 2 is 2.06 bits per heavy atom. The molecule has 0 amide bonds. The molecule has 0 fully saturated rings. The maximum atomic E-state index is 5.92. The number of hydrogen-bond acceptors (Lipinski definition) is 4. The zero-order chi connectivity index (χ0) is 12.5. The van der Waals surface area contributed by atoms with Crippen LogP contribution in [0.25, 0.3) is 0 Å². The Balaban J connectivity index is 2.09. The highest BCUT2D eigenvalue weighted by Gasteiger charge is 2.21. The van der Waals surface area contributed by atoms with Crippen molar-refractivity contribution in [3.05, 3.63) is 41.7 Å². The van der Waals surface area contributed by atoms with Gasteiger partial charge in [0.25, 0.3) is 0 Å². The first-order chi connectivity index (χ1) is 8.75. The lowest BCUT2D eigenvalue weighted by atomic mass is 9.99. The molecule has 0 aliphatic carbocycles. The summed E-state index contributed by atoms with van der Waals surface area (Å²) in [6.45, 7) is 3.06. The van der Waals surface area contributed by atoms with Crippen LogP contribution >= 0.6 is 0 Å². The van der Waals surface area contributed by atoms with Crippen molar-refractivity contribution in [2.45, 2.75) is 19.8 Å². The van der Waals surface area contributed by atoms with Crippen LogP contribution in [0.5, 0.6) is 0 Å². The van der Waals surface area contributed by atoms with Gasteiger partial charge >= 0.3 is 0 Å². The van der Waals surface area contributed by atoms with Crippen molar-refractivity contribution in [3.63, 3.8) is 0 Å². The smallest absolute Gasteiger partial charge is 0.176 e. The molecule has 4 nitrogen and oxygen atoms in total. The number of anilines is 3. The number of nitrogens with two attached hydrogens (primary N) is 1. The summed E-state index contributed by atoms with van der Waals surface area (Å²) in [5.74, 6) is 1.26. The third-order valence-electron chi connectivity index (χ3n) is 3.32. The quantitative estimate of drug-likeness (QED) is 0.832. The Kier molecular flexibility index (Phi) is 2.63. The second kappa shape index (κ2) is 4.29. The Morgan fingerprint density at radius 3 is 2.89 bits per heavy atom. The molecule has 0 atom stereocenters. The van der Waals surface area contributed by atoms with Crippen molar-refractivity contribution < 1.29 is 0 Å². The number of fused-ring (bicyclic) bond motifs is 1. The first-order valence-corrected chi connectivity index (χ1v) is 6.19. The summed E-state index contributed by atoms with van der Waals surface area (Å²) in [5, 5.41) is 0. The largest absolute Gasteiger partial charge is 0.381 e. The van der Waals surface area contributed by atoms with Crippen LogP contribution in [0.15, 0.2) is 30.6 Å². The number of rotatable bonds is 1. The van der Waals surface area contributed by atoms with Gasteiger partial charge in [0, 0.05) is 24.6 Å². The third-order valence-corrected chi connectivity index (χ3v) is 3.32. The van der Waals surface area contributed by atoms with E-state index in [4.69, 9.17) is 5.73 Å². The van der Waals surface area contributed by atoms with E-state index in [1.54, 1.807) is 12.4 Å². The fraction of sp³-hybridized carbons (Fsp3) is 0.286. The molecule has 1 aliphatic heterocycles. The van der Waals surface area contributed by atoms with E-state index in [0.29, 0.717) is 5.82 Å². The molecular formula is C14H16N4. The van der Waals surface area contributed by atoms with Gasteiger partial charge in [-0.25, -0.2) is 9.97 Å². The maximum Gasteiger partial charge on any atom is 0.176 e. The molecule has 2 aromatic rings. The average Bonchev–Trinajstić information content (AvgIpc) is 2.38. The highest BCUT2D eigenvalue weighted by Crippen LogP contribution is 2.34. The summed E-state index contributed by atoms with van der Waals surface area (Å²) in [4.78, 5) is 10.6. The van der Waals surface area contributed by atoms with E-state index in [0.717, 1.165) is 25.2 Å². The lowest BCUT2D eigenvalue weighted by Gasteiger charge is -2.30. The molecule has 18 heavy (non-hydrogen) atoms. The molecule has 0 bridgehead atoms. The minimum atomic E-state index is 0.492. The Morgan fingerprint density at radius 1 is 1.22 bits per heavy atom. The molecule has 1 aromatic carbocycles. The minimum absolute atomic E-state index is 0.492. The molecule has 4 heteroatoms. The summed E-state index contributed by atoms with van der Waals surface area (Å²) in [6.07, 6.45) is 5.55. The summed E-state index contributed by atoms with van der Waals surface area (Å²) < 4.78 is 0. The van der Waals surface area contributed by atoms with Gasteiger partial charge in [0.2, 0.25) is 0 Å². The van der Waals surface area contributed by atoms with Gasteiger partial charge in [0.05, 0.1) is 0 Å². The lowest BCUT2D eigenvalue weighted by Crippen LogP contribution is -2.26. The van der Waals surface area contributed by atoms with Crippen molar-refractivity contribution in [3.8, 4) is 0 Å². The lowest BCUT2D eigenvalue weighted by molar-refractivity contribution is 0.758. The third kappa shape index (κ3) is 1.79. The zero-order valence-corrected chi connectivity index (χ0v) is 10.4. The SMILES string of the molecule is Cc1ccc2c(c1)CCCN2c1nccnc1N. The molecule has 3 rings (SSSR count). The van der Waals surface area contributed by atoms with Gasteiger partial charge in [-0.15, -0.1) is 0 Å². The Labute approximate surface area is 106 Å². The number of benzene rings is 1. The first kappa shape index (κ1) is 11.0. The minimum Gasteiger partial charge on any atom is -0.381 e. The van der Waals surface area contributed by atoms with Crippen LogP contribution in [0.1, 0.15) is 17.5 Å². The molecule has 2 N–H and O–H groups in total. The van der Waals surface area contributed by atoms with E-state index in [2.05, 4.69) is 40.0 Å². The normalized spacial score (nSPS) is 14.4. The van der Waals surface area contributed by atoms with E-state index in [9.17, 15) is 0 Å². The van der Waals surface area contributed by atoms with E-state index in [1.807, 2.05) is 0 Å². The van der Waals surface area contributed by atoms with Crippen LogP contribution in [0.4, 0.5) is 17.3 Å². The molecule has 0 spiro atoms. The number of hydrogen-bond donors (Lipinski definition) is 1. The summed E-state index contributed by atoms with van der Waals surface area (Å²) >= 11 is 0. The number of nitrogens with zero attached hydrogens (tertiary/aromatic N) is 3. The van der Waals surface area contributed by atoms with Crippen LogP contribution in [-0.2, 0) is 6.42 Å². The van der Waals surface area contributed by atoms with Gasteiger partial charge < -0.3 is 10.6 Å². The standard InChI is InChI=1S/C14H16N4/c1-10-4-5-12-11(9-10)3-2-8-18(12)14-13(15)16-6-7-17-14/h4-7,9H,2-3,8H2,1H3,(H2,15,16). The van der Waals surface area contributed by atoms with Crippen molar-refractivity contribution in [1.82, 2.24) is 9.97 Å². The average molecular weight is 240 g/mol. The van der Waals surface area contributed by atoms with Crippen LogP contribution in [0.2, 0.25) is 0 Å².